The largest absolute Gasteiger partial charge is 0.493 e. The maximum atomic E-state index is 8.71. The normalized spacial score (nSPS) is 11.5. The summed E-state index contributed by atoms with van der Waals surface area (Å²) in [5.74, 6) is 1.73. The van der Waals surface area contributed by atoms with Gasteiger partial charge in [0.05, 0.1) is 25.4 Å². The van der Waals surface area contributed by atoms with Gasteiger partial charge >= 0.3 is 0 Å². The Balaban J connectivity index is 3.24. The molecular formula is C22H32N2O2. The zero-order chi connectivity index (χ0) is 19.8. The Kier molecular flexibility index (Phi) is 7.97. The molecule has 0 spiro atoms. The molecule has 142 valence electrons. The van der Waals surface area contributed by atoms with Gasteiger partial charge in [-0.25, -0.2) is 0 Å². The minimum Gasteiger partial charge on any atom is -0.493 e. The summed E-state index contributed by atoms with van der Waals surface area (Å²) >= 11 is 0. The van der Waals surface area contributed by atoms with Gasteiger partial charge in [-0.05, 0) is 35.8 Å². The molecule has 0 aliphatic rings. The minimum absolute atomic E-state index is 0.0915. The maximum Gasteiger partial charge on any atom is 0.123 e. The fourth-order valence-electron chi connectivity index (χ4n) is 2.64. The van der Waals surface area contributed by atoms with Crippen molar-refractivity contribution in [3.05, 3.63) is 23.3 Å². The van der Waals surface area contributed by atoms with Crippen LogP contribution in [0.4, 0.5) is 0 Å². The van der Waals surface area contributed by atoms with Gasteiger partial charge in [-0.1, -0.05) is 41.5 Å². The van der Waals surface area contributed by atoms with Crippen molar-refractivity contribution in [2.45, 2.75) is 78.1 Å². The third kappa shape index (κ3) is 6.60. The lowest BCUT2D eigenvalue weighted by Crippen LogP contribution is -2.19. The molecule has 0 N–H and O–H groups in total. The van der Waals surface area contributed by atoms with Crippen molar-refractivity contribution >= 4 is 0 Å². The van der Waals surface area contributed by atoms with E-state index in [0.29, 0.717) is 26.1 Å². The van der Waals surface area contributed by atoms with E-state index in [2.05, 4.69) is 65.8 Å². The van der Waals surface area contributed by atoms with Crippen LogP contribution in [0.25, 0.3) is 0 Å². The molecule has 1 aromatic carbocycles. The van der Waals surface area contributed by atoms with E-state index in [1.807, 2.05) is 0 Å². The van der Waals surface area contributed by atoms with Gasteiger partial charge in [-0.3, -0.25) is 0 Å². The molecular weight excluding hydrogens is 324 g/mol. The van der Waals surface area contributed by atoms with E-state index < -0.39 is 0 Å². The first-order valence-corrected chi connectivity index (χ1v) is 9.29. The third-order valence-corrected chi connectivity index (χ3v) is 4.08. The lowest BCUT2D eigenvalue weighted by Gasteiger charge is -2.29. The van der Waals surface area contributed by atoms with Crippen LogP contribution in [0.2, 0.25) is 0 Å². The zero-order valence-corrected chi connectivity index (χ0v) is 17.1. The molecule has 0 aliphatic heterocycles. The van der Waals surface area contributed by atoms with Crippen molar-refractivity contribution in [2.75, 3.05) is 13.2 Å². The Hall–Kier alpha value is -2.20. The molecule has 0 aliphatic carbocycles. The first kappa shape index (κ1) is 21.8. The molecule has 0 heterocycles. The standard InChI is InChI=1S/C22H32N2O2/c1-21(2,3)17-15-20(26-14-10-8-12-24)18(22(4,5)6)16-19(17)25-13-9-7-11-23/h15-16H,7-10,13-14H2,1-6H3. The molecule has 4 heteroatoms. The zero-order valence-electron chi connectivity index (χ0n) is 17.1. The summed E-state index contributed by atoms with van der Waals surface area (Å²) in [5.41, 5.74) is 2.01. The number of benzene rings is 1. The molecule has 0 saturated heterocycles. The average Bonchev–Trinajstić information content (AvgIpc) is 2.54. The summed E-state index contributed by atoms with van der Waals surface area (Å²) in [4.78, 5) is 0. The Bertz CT molecular complexity index is 608. The third-order valence-electron chi connectivity index (χ3n) is 4.08. The summed E-state index contributed by atoms with van der Waals surface area (Å²) in [7, 11) is 0. The smallest absolute Gasteiger partial charge is 0.123 e. The highest BCUT2D eigenvalue weighted by Crippen LogP contribution is 2.41. The van der Waals surface area contributed by atoms with E-state index in [9.17, 15) is 0 Å². The topological polar surface area (TPSA) is 66.0 Å². The first-order valence-electron chi connectivity index (χ1n) is 9.29. The van der Waals surface area contributed by atoms with Crippen LogP contribution >= 0.6 is 0 Å². The van der Waals surface area contributed by atoms with E-state index in [-0.39, 0.29) is 10.8 Å². The lowest BCUT2D eigenvalue weighted by molar-refractivity contribution is 0.290. The van der Waals surface area contributed by atoms with Crippen LogP contribution in [0, 0.1) is 22.7 Å². The van der Waals surface area contributed by atoms with Crippen LogP contribution in [-0.4, -0.2) is 13.2 Å². The summed E-state index contributed by atoms with van der Waals surface area (Å²) in [6.07, 6.45) is 2.43. The van der Waals surface area contributed by atoms with Crippen molar-refractivity contribution in [3.8, 4) is 23.6 Å². The van der Waals surface area contributed by atoms with Gasteiger partial charge in [0.15, 0.2) is 0 Å². The quantitative estimate of drug-likeness (QED) is 0.565. The Morgan fingerprint density at radius 3 is 1.35 bits per heavy atom. The van der Waals surface area contributed by atoms with E-state index in [1.54, 1.807) is 0 Å². The molecule has 0 amide bonds. The van der Waals surface area contributed by atoms with Crippen molar-refractivity contribution in [1.29, 1.82) is 10.5 Å². The van der Waals surface area contributed by atoms with Crippen LogP contribution < -0.4 is 9.47 Å². The van der Waals surface area contributed by atoms with Gasteiger partial charge in [0.25, 0.3) is 0 Å². The molecule has 0 unspecified atom stereocenters. The maximum absolute atomic E-state index is 8.71. The van der Waals surface area contributed by atoms with Crippen molar-refractivity contribution in [1.82, 2.24) is 0 Å². The number of unbranched alkanes of at least 4 members (excludes halogenated alkanes) is 2. The fourth-order valence-corrected chi connectivity index (χ4v) is 2.64. The lowest BCUT2D eigenvalue weighted by atomic mass is 9.81. The van der Waals surface area contributed by atoms with Crippen LogP contribution in [0.1, 0.15) is 78.4 Å². The van der Waals surface area contributed by atoms with Crippen LogP contribution in [0.5, 0.6) is 11.5 Å². The Morgan fingerprint density at radius 2 is 1.08 bits per heavy atom. The summed E-state index contributed by atoms with van der Waals surface area (Å²) in [5, 5.41) is 17.4. The molecule has 0 aromatic heterocycles. The molecule has 0 bridgehead atoms. The summed E-state index contributed by atoms with van der Waals surface area (Å²) in [6.45, 7) is 14.0. The second-order valence-electron chi connectivity index (χ2n) is 8.56. The fraction of sp³-hybridized carbons (Fsp3) is 0.636. The highest BCUT2D eigenvalue weighted by atomic mass is 16.5. The van der Waals surface area contributed by atoms with E-state index in [4.69, 9.17) is 20.0 Å². The van der Waals surface area contributed by atoms with Gasteiger partial charge in [-0.2, -0.15) is 10.5 Å². The summed E-state index contributed by atoms with van der Waals surface area (Å²) in [6, 6.07) is 8.49. The number of nitrogens with zero attached hydrogens (tertiary/aromatic N) is 2. The van der Waals surface area contributed by atoms with E-state index >= 15 is 0 Å². The van der Waals surface area contributed by atoms with Crippen molar-refractivity contribution in [3.63, 3.8) is 0 Å². The second kappa shape index (κ2) is 9.48. The van der Waals surface area contributed by atoms with Gasteiger partial charge in [0.1, 0.15) is 11.5 Å². The summed E-state index contributed by atoms with van der Waals surface area (Å²) < 4.78 is 12.1. The molecule has 0 fully saturated rings. The van der Waals surface area contributed by atoms with Crippen molar-refractivity contribution in [2.24, 2.45) is 0 Å². The van der Waals surface area contributed by atoms with Gasteiger partial charge in [-0.15, -0.1) is 0 Å². The highest BCUT2D eigenvalue weighted by molar-refractivity contribution is 5.51. The van der Waals surface area contributed by atoms with E-state index in [0.717, 1.165) is 35.5 Å². The predicted octanol–water partition coefficient (Wildman–Crippen LogP) is 5.65. The molecule has 0 radical (unpaired) electrons. The predicted molar refractivity (Wildman–Crippen MR) is 105 cm³/mol. The first-order chi connectivity index (χ1) is 12.1. The molecule has 0 atom stereocenters. The monoisotopic (exact) mass is 356 g/mol. The molecule has 1 rings (SSSR count). The SMILES string of the molecule is CC(C)(C)c1cc(OCCCC#N)c(C(C)(C)C)cc1OCCCC#N. The van der Waals surface area contributed by atoms with Crippen LogP contribution in [0.15, 0.2) is 12.1 Å². The number of ether oxygens (including phenoxy) is 2. The Labute approximate surface area is 158 Å². The number of hydrogen-bond donors (Lipinski definition) is 0. The average molecular weight is 357 g/mol. The number of hydrogen-bond acceptors (Lipinski definition) is 4. The van der Waals surface area contributed by atoms with E-state index in [1.165, 1.54) is 0 Å². The van der Waals surface area contributed by atoms with Crippen LogP contribution in [-0.2, 0) is 10.8 Å². The van der Waals surface area contributed by atoms with Gasteiger partial charge in [0.2, 0.25) is 0 Å². The highest BCUT2D eigenvalue weighted by Gasteiger charge is 2.26. The molecule has 26 heavy (non-hydrogen) atoms. The number of rotatable bonds is 8. The van der Waals surface area contributed by atoms with Gasteiger partial charge in [0, 0.05) is 24.0 Å². The van der Waals surface area contributed by atoms with Crippen LogP contribution in [0.3, 0.4) is 0 Å². The second-order valence-corrected chi connectivity index (χ2v) is 8.56. The molecule has 4 nitrogen and oxygen atoms in total. The molecule has 1 aromatic rings. The van der Waals surface area contributed by atoms with Crippen molar-refractivity contribution < 1.29 is 9.47 Å². The van der Waals surface area contributed by atoms with Gasteiger partial charge < -0.3 is 9.47 Å². The minimum atomic E-state index is -0.0915. The number of nitriles is 2. The molecule has 0 saturated carbocycles. The Morgan fingerprint density at radius 1 is 0.731 bits per heavy atom.